The van der Waals surface area contributed by atoms with Crippen molar-refractivity contribution in [3.8, 4) is 11.3 Å². The first-order chi connectivity index (χ1) is 10.7. The van der Waals surface area contributed by atoms with E-state index in [-0.39, 0.29) is 0 Å². The molecule has 0 unspecified atom stereocenters. The molecule has 0 atom stereocenters. The van der Waals surface area contributed by atoms with E-state index in [0.717, 1.165) is 19.5 Å². The second-order valence-corrected chi connectivity index (χ2v) is 5.99. The van der Waals surface area contributed by atoms with E-state index in [2.05, 4.69) is 79.3 Å². The maximum atomic E-state index is 3.64. The number of aromatic nitrogens is 1. The van der Waals surface area contributed by atoms with Gasteiger partial charge in [0.2, 0.25) is 0 Å². The number of nitrogens with one attached hydrogen (secondary N) is 1. The van der Waals surface area contributed by atoms with E-state index in [1.807, 2.05) is 0 Å². The molecule has 0 saturated carbocycles. The molecule has 3 rings (SSSR count). The van der Waals surface area contributed by atoms with Crippen molar-refractivity contribution >= 4 is 10.9 Å². The average molecular weight is 292 g/mol. The highest BCUT2D eigenvalue weighted by molar-refractivity contribution is 5.93. The summed E-state index contributed by atoms with van der Waals surface area (Å²) in [6.07, 6.45) is 1.07. The van der Waals surface area contributed by atoms with Crippen LogP contribution in [0.2, 0.25) is 0 Å². The Labute approximate surface area is 132 Å². The standard InChI is InChI=1S/C20H24N2/c1-4-22(3)14-13-17-19-15(2)9-8-12-18(19)21-20(17)16-10-6-5-7-11-16/h5-12,21H,4,13-14H2,1-3H3. The van der Waals surface area contributed by atoms with Crippen molar-refractivity contribution < 1.29 is 0 Å². The van der Waals surface area contributed by atoms with E-state index in [9.17, 15) is 0 Å². The molecule has 0 aliphatic rings. The molecule has 0 saturated heterocycles. The minimum Gasteiger partial charge on any atom is -0.354 e. The molecule has 3 aromatic rings. The number of rotatable bonds is 5. The average Bonchev–Trinajstić information content (AvgIpc) is 2.93. The zero-order chi connectivity index (χ0) is 15.5. The Kier molecular flexibility index (Phi) is 4.30. The molecule has 114 valence electrons. The molecule has 0 aliphatic carbocycles. The number of fused-ring (bicyclic) bond motifs is 1. The highest BCUT2D eigenvalue weighted by atomic mass is 15.1. The van der Waals surface area contributed by atoms with Crippen molar-refractivity contribution in [2.24, 2.45) is 0 Å². The summed E-state index contributed by atoms with van der Waals surface area (Å²) < 4.78 is 0. The van der Waals surface area contributed by atoms with Gasteiger partial charge in [0.15, 0.2) is 0 Å². The number of benzene rings is 2. The Bertz CT molecular complexity index is 756. The van der Waals surface area contributed by atoms with Crippen LogP contribution < -0.4 is 0 Å². The lowest BCUT2D eigenvalue weighted by Crippen LogP contribution is -2.20. The highest BCUT2D eigenvalue weighted by Gasteiger charge is 2.14. The number of aryl methyl sites for hydroxylation is 1. The van der Waals surface area contributed by atoms with Crippen LogP contribution in [0.4, 0.5) is 0 Å². The SMILES string of the molecule is CCN(C)CCc1c(-c2ccccc2)[nH]c2cccc(C)c12. The fourth-order valence-electron chi connectivity index (χ4n) is 3.07. The van der Waals surface area contributed by atoms with Gasteiger partial charge in [-0.3, -0.25) is 0 Å². The van der Waals surface area contributed by atoms with Gasteiger partial charge in [-0.05, 0) is 49.7 Å². The summed E-state index contributed by atoms with van der Waals surface area (Å²) in [5.41, 5.74) is 6.58. The zero-order valence-electron chi connectivity index (χ0n) is 13.7. The van der Waals surface area contributed by atoms with E-state index in [4.69, 9.17) is 0 Å². The fraction of sp³-hybridized carbons (Fsp3) is 0.300. The van der Waals surface area contributed by atoms with E-state index >= 15 is 0 Å². The van der Waals surface area contributed by atoms with Gasteiger partial charge in [-0.15, -0.1) is 0 Å². The second-order valence-electron chi connectivity index (χ2n) is 5.99. The van der Waals surface area contributed by atoms with Crippen molar-refractivity contribution in [2.75, 3.05) is 20.1 Å². The van der Waals surface area contributed by atoms with Gasteiger partial charge in [0.05, 0.1) is 0 Å². The first-order valence-corrected chi connectivity index (χ1v) is 8.05. The summed E-state index contributed by atoms with van der Waals surface area (Å²) in [4.78, 5) is 6.01. The first-order valence-electron chi connectivity index (χ1n) is 8.05. The molecular weight excluding hydrogens is 268 g/mol. The summed E-state index contributed by atoms with van der Waals surface area (Å²) in [7, 11) is 2.18. The van der Waals surface area contributed by atoms with Crippen molar-refractivity contribution in [1.29, 1.82) is 0 Å². The van der Waals surface area contributed by atoms with E-state index in [0.29, 0.717) is 0 Å². The summed E-state index contributed by atoms with van der Waals surface area (Å²) >= 11 is 0. The van der Waals surface area contributed by atoms with Crippen LogP contribution in [0.5, 0.6) is 0 Å². The second kappa shape index (κ2) is 6.37. The topological polar surface area (TPSA) is 19.0 Å². The normalized spacial score (nSPS) is 11.5. The fourth-order valence-corrected chi connectivity index (χ4v) is 3.07. The van der Waals surface area contributed by atoms with Crippen molar-refractivity contribution in [1.82, 2.24) is 9.88 Å². The van der Waals surface area contributed by atoms with E-state index < -0.39 is 0 Å². The van der Waals surface area contributed by atoms with Crippen LogP contribution in [0.25, 0.3) is 22.2 Å². The number of likely N-dealkylation sites (N-methyl/N-ethyl adjacent to an activating group) is 1. The lowest BCUT2D eigenvalue weighted by molar-refractivity contribution is 0.358. The molecule has 0 aliphatic heterocycles. The molecule has 2 aromatic carbocycles. The van der Waals surface area contributed by atoms with Gasteiger partial charge in [0.1, 0.15) is 0 Å². The molecule has 0 spiro atoms. The molecule has 1 aromatic heterocycles. The van der Waals surface area contributed by atoms with Gasteiger partial charge in [-0.2, -0.15) is 0 Å². The molecule has 0 amide bonds. The smallest absolute Gasteiger partial charge is 0.0497 e. The van der Waals surface area contributed by atoms with Gasteiger partial charge >= 0.3 is 0 Å². The van der Waals surface area contributed by atoms with E-state index in [1.165, 1.54) is 33.3 Å². The van der Waals surface area contributed by atoms with Crippen LogP contribution in [0, 0.1) is 6.92 Å². The molecule has 1 heterocycles. The summed E-state index contributed by atoms with van der Waals surface area (Å²) in [5.74, 6) is 0. The summed E-state index contributed by atoms with van der Waals surface area (Å²) in [5, 5.41) is 1.39. The van der Waals surface area contributed by atoms with E-state index in [1.54, 1.807) is 0 Å². The molecule has 2 nitrogen and oxygen atoms in total. The molecule has 2 heteroatoms. The van der Waals surface area contributed by atoms with Gasteiger partial charge in [-0.1, -0.05) is 49.4 Å². The molecule has 22 heavy (non-hydrogen) atoms. The summed E-state index contributed by atoms with van der Waals surface area (Å²) in [6.45, 7) is 6.58. The zero-order valence-corrected chi connectivity index (χ0v) is 13.7. The third-order valence-corrected chi connectivity index (χ3v) is 4.48. The third-order valence-electron chi connectivity index (χ3n) is 4.48. The molecule has 0 radical (unpaired) electrons. The molecule has 0 bridgehead atoms. The van der Waals surface area contributed by atoms with Crippen LogP contribution >= 0.6 is 0 Å². The van der Waals surface area contributed by atoms with Crippen LogP contribution in [0.3, 0.4) is 0 Å². The first kappa shape index (κ1) is 14.9. The number of aromatic amines is 1. The highest BCUT2D eigenvalue weighted by Crippen LogP contribution is 2.32. The molecule has 0 fully saturated rings. The molecule has 1 N–H and O–H groups in total. The Morgan fingerprint density at radius 1 is 1.00 bits per heavy atom. The number of nitrogens with zero attached hydrogens (tertiary/aromatic N) is 1. The Balaban J connectivity index is 2.12. The van der Waals surface area contributed by atoms with Crippen molar-refractivity contribution in [3.05, 3.63) is 59.7 Å². The van der Waals surface area contributed by atoms with Crippen LogP contribution in [-0.4, -0.2) is 30.0 Å². The Morgan fingerprint density at radius 2 is 1.77 bits per heavy atom. The molecular formula is C20H24N2. The maximum Gasteiger partial charge on any atom is 0.0497 e. The predicted molar refractivity (Wildman–Crippen MR) is 95.3 cm³/mol. The quantitative estimate of drug-likeness (QED) is 0.726. The predicted octanol–water partition coefficient (Wildman–Crippen LogP) is 4.64. The van der Waals surface area contributed by atoms with Crippen LogP contribution in [0.15, 0.2) is 48.5 Å². The van der Waals surface area contributed by atoms with Crippen LogP contribution in [-0.2, 0) is 6.42 Å². The van der Waals surface area contributed by atoms with Crippen molar-refractivity contribution in [3.63, 3.8) is 0 Å². The van der Waals surface area contributed by atoms with Gasteiger partial charge < -0.3 is 9.88 Å². The summed E-state index contributed by atoms with van der Waals surface area (Å²) in [6, 6.07) is 17.2. The maximum absolute atomic E-state index is 3.64. The monoisotopic (exact) mass is 292 g/mol. The third kappa shape index (κ3) is 2.79. The number of H-pyrrole nitrogens is 1. The number of hydrogen-bond donors (Lipinski definition) is 1. The van der Waals surface area contributed by atoms with Crippen LogP contribution in [0.1, 0.15) is 18.1 Å². The van der Waals surface area contributed by atoms with Gasteiger partial charge in [0, 0.05) is 23.1 Å². The minimum atomic E-state index is 1.07. The lowest BCUT2D eigenvalue weighted by atomic mass is 10.00. The van der Waals surface area contributed by atoms with Crippen molar-refractivity contribution in [2.45, 2.75) is 20.3 Å². The number of hydrogen-bond acceptors (Lipinski definition) is 1. The van der Waals surface area contributed by atoms with Gasteiger partial charge in [-0.25, -0.2) is 0 Å². The lowest BCUT2D eigenvalue weighted by Gasteiger charge is -2.14. The van der Waals surface area contributed by atoms with Gasteiger partial charge in [0.25, 0.3) is 0 Å². The Hall–Kier alpha value is -2.06. The minimum absolute atomic E-state index is 1.07. The Morgan fingerprint density at radius 3 is 2.50 bits per heavy atom. The largest absolute Gasteiger partial charge is 0.354 e.